The molecule has 13 heteroatoms. The number of H-pyrrole nitrogens is 1. The lowest BCUT2D eigenvalue weighted by molar-refractivity contribution is -0.137. The van der Waals surface area contributed by atoms with Gasteiger partial charge in [0.1, 0.15) is 23.0 Å². The first-order valence-corrected chi connectivity index (χ1v) is 17.0. The molecule has 4 heterocycles. The van der Waals surface area contributed by atoms with Crippen molar-refractivity contribution >= 4 is 44.7 Å². The average Bonchev–Trinajstić information content (AvgIpc) is 3.84. The van der Waals surface area contributed by atoms with Gasteiger partial charge in [0.15, 0.2) is 11.0 Å². The van der Waals surface area contributed by atoms with Crippen LogP contribution in [0.15, 0.2) is 112 Å². The van der Waals surface area contributed by atoms with Gasteiger partial charge in [0.2, 0.25) is 0 Å². The Morgan fingerprint density at radius 1 is 0.915 bits per heavy atom. The second-order valence-corrected chi connectivity index (χ2v) is 13.5. The highest BCUT2D eigenvalue weighted by Gasteiger charge is 2.35. The molecule has 1 unspecified atom stereocenters. The normalized spacial score (nSPS) is 12.4. The van der Waals surface area contributed by atoms with Gasteiger partial charge < -0.3 is 9.72 Å². The first kappa shape index (κ1) is 30.9. The summed E-state index contributed by atoms with van der Waals surface area (Å²) in [7, 11) is 0. The number of ether oxygens (including phenoxy) is 1. The number of para-hydroxylation sites is 2. The van der Waals surface area contributed by atoms with Gasteiger partial charge in [0.25, 0.3) is 5.56 Å². The smallest absolute Gasteiger partial charge is 0.418 e. The maximum atomic E-state index is 14.3. The summed E-state index contributed by atoms with van der Waals surface area (Å²) in [5.41, 5.74) is 1.33. The minimum atomic E-state index is -4.64. The maximum Gasteiger partial charge on any atom is 0.418 e. The van der Waals surface area contributed by atoms with Crippen LogP contribution in [0.2, 0.25) is 0 Å². The monoisotopic (exact) mass is 687 g/mol. The molecule has 0 radical (unpaired) electrons. The molecule has 7 aromatic rings. The summed E-state index contributed by atoms with van der Waals surface area (Å²) in [6.45, 7) is 1.66. The lowest BCUT2D eigenvalue weighted by Crippen LogP contribution is -2.15. The minimum absolute atomic E-state index is 0.134. The first-order valence-electron chi connectivity index (χ1n) is 14.4. The number of hydrogen-bond acceptors (Lipinski definition) is 8. The Morgan fingerprint density at radius 2 is 1.68 bits per heavy atom. The second-order valence-electron chi connectivity index (χ2n) is 10.4. The molecule has 4 aromatic heterocycles. The number of halogens is 3. The Hall–Kier alpha value is -4.72. The molecule has 0 aliphatic carbocycles. The summed E-state index contributed by atoms with van der Waals surface area (Å²) in [6, 6.07) is 26.3. The number of thiophene rings is 2. The van der Waals surface area contributed by atoms with E-state index in [0.717, 1.165) is 39.4 Å². The van der Waals surface area contributed by atoms with Gasteiger partial charge in [-0.1, -0.05) is 78.5 Å². The van der Waals surface area contributed by atoms with E-state index in [-0.39, 0.29) is 28.8 Å². The van der Waals surface area contributed by atoms with Crippen molar-refractivity contribution in [2.45, 2.75) is 30.1 Å². The highest BCUT2D eigenvalue weighted by Crippen LogP contribution is 2.40. The molecule has 47 heavy (non-hydrogen) atoms. The van der Waals surface area contributed by atoms with Crippen LogP contribution < -0.4 is 10.3 Å². The van der Waals surface area contributed by atoms with Gasteiger partial charge in [-0.25, -0.2) is 4.98 Å². The van der Waals surface area contributed by atoms with Crippen LogP contribution in [0.5, 0.6) is 5.75 Å². The Morgan fingerprint density at radius 3 is 2.47 bits per heavy atom. The van der Waals surface area contributed by atoms with Crippen LogP contribution in [-0.2, 0) is 12.8 Å². The van der Waals surface area contributed by atoms with E-state index >= 15 is 0 Å². The van der Waals surface area contributed by atoms with Crippen molar-refractivity contribution in [3.8, 4) is 33.0 Å². The predicted octanol–water partition coefficient (Wildman–Crippen LogP) is 9.41. The molecule has 0 bridgehead atoms. The molecule has 0 spiro atoms. The molecule has 7 rings (SSSR count). The zero-order valence-electron chi connectivity index (χ0n) is 24.6. The third-order valence-electron chi connectivity index (χ3n) is 7.40. The van der Waals surface area contributed by atoms with Crippen molar-refractivity contribution in [1.82, 2.24) is 24.7 Å². The molecule has 1 atom stereocenters. The quantitative estimate of drug-likeness (QED) is 0.152. The summed E-state index contributed by atoms with van der Waals surface area (Å²) >= 11 is 4.05. The molecule has 3 aromatic carbocycles. The van der Waals surface area contributed by atoms with Gasteiger partial charge in [-0.05, 0) is 42.1 Å². The largest absolute Gasteiger partial charge is 0.485 e. The summed E-state index contributed by atoms with van der Waals surface area (Å²) in [5, 5.41) is 12.7. The third-order valence-corrected chi connectivity index (χ3v) is 10.2. The Labute approximate surface area is 278 Å². The lowest BCUT2D eigenvalue weighted by Gasteiger charge is -2.18. The van der Waals surface area contributed by atoms with Crippen molar-refractivity contribution in [3.05, 3.63) is 129 Å². The molecule has 0 fully saturated rings. The van der Waals surface area contributed by atoms with Crippen molar-refractivity contribution in [2.75, 3.05) is 0 Å². The standard InChI is InChI=1S/C34H24F3N5O2S3/c1-20(30-38-31(43)29-23(19-46-32(29)39-30)27-16-9-17-45-27)47-33-41-40-28(42(33)25-14-7-6-13-24(25)34(35,36)37)18-44-26-15-8-5-12-22(26)21-10-3-2-4-11-21/h2-17,19-20H,18H2,1H3,(H,38,39,43). The number of aromatic nitrogens is 5. The molecule has 1 N–H and O–H groups in total. The predicted molar refractivity (Wildman–Crippen MR) is 180 cm³/mol. The number of thioether (sulfide) groups is 1. The number of aromatic amines is 1. The van der Waals surface area contributed by atoms with Gasteiger partial charge in [0, 0.05) is 21.4 Å². The number of nitrogens with one attached hydrogen (secondary N) is 1. The Kier molecular flexibility index (Phi) is 8.43. The number of nitrogens with zero attached hydrogens (tertiary/aromatic N) is 4. The Balaban J connectivity index is 1.25. The number of fused-ring (bicyclic) bond motifs is 1. The van der Waals surface area contributed by atoms with Crippen molar-refractivity contribution in [2.24, 2.45) is 0 Å². The number of hydrogen-bond donors (Lipinski definition) is 1. The molecule has 0 saturated heterocycles. The fourth-order valence-corrected chi connectivity index (χ4v) is 7.90. The van der Waals surface area contributed by atoms with Gasteiger partial charge in [-0.2, -0.15) is 13.2 Å². The molecule has 236 valence electrons. The van der Waals surface area contributed by atoms with E-state index in [0.29, 0.717) is 21.8 Å². The van der Waals surface area contributed by atoms with Gasteiger partial charge in [-0.15, -0.1) is 32.9 Å². The van der Waals surface area contributed by atoms with Crippen LogP contribution in [0.25, 0.3) is 37.5 Å². The first-order chi connectivity index (χ1) is 22.8. The summed E-state index contributed by atoms with van der Waals surface area (Å²) in [6.07, 6.45) is -4.64. The van der Waals surface area contributed by atoms with Crippen LogP contribution >= 0.6 is 34.4 Å². The number of alkyl halides is 3. The highest BCUT2D eigenvalue weighted by atomic mass is 32.2. The third kappa shape index (κ3) is 6.21. The van der Waals surface area contributed by atoms with E-state index in [9.17, 15) is 18.0 Å². The van der Waals surface area contributed by atoms with E-state index in [4.69, 9.17) is 9.72 Å². The molecule has 0 aliphatic heterocycles. The van der Waals surface area contributed by atoms with Gasteiger partial charge in [0.05, 0.1) is 21.9 Å². The lowest BCUT2D eigenvalue weighted by atomic mass is 10.1. The van der Waals surface area contributed by atoms with Crippen LogP contribution in [0.4, 0.5) is 13.2 Å². The zero-order valence-corrected chi connectivity index (χ0v) is 27.0. The molecular weight excluding hydrogens is 664 g/mol. The van der Waals surface area contributed by atoms with E-state index < -0.39 is 17.0 Å². The highest BCUT2D eigenvalue weighted by molar-refractivity contribution is 7.99. The van der Waals surface area contributed by atoms with E-state index in [2.05, 4.69) is 15.2 Å². The molecule has 0 amide bonds. The zero-order chi connectivity index (χ0) is 32.5. The molecule has 0 aliphatic rings. The molecular formula is C34H24F3N5O2S3. The van der Waals surface area contributed by atoms with Crippen molar-refractivity contribution in [3.63, 3.8) is 0 Å². The topological polar surface area (TPSA) is 85.7 Å². The fraction of sp³-hybridized carbons (Fsp3) is 0.118. The van der Waals surface area contributed by atoms with Gasteiger partial charge in [-0.3, -0.25) is 9.36 Å². The van der Waals surface area contributed by atoms with E-state index in [1.807, 2.05) is 78.3 Å². The molecule has 7 nitrogen and oxygen atoms in total. The van der Waals surface area contributed by atoms with E-state index in [1.165, 1.54) is 45.4 Å². The molecule has 0 saturated carbocycles. The number of benzene rings is 3. The van der Waals surface area contributed by atoms with Crippen molar-refractivity contribution < 1.29 is 17.9 Å². The van der Waals surface area contributed by atoms with Crippen LogP contribution in [0.3, 0.4) is 0 Å². The maximum absolute atomic E-state index is 14.3. The minimum Gasteiger partial charge on any atom is -0.485 e. The summed E-state index contributed by atoms with van der Waals surface area (Å²) in [4.78, 5) is 22.4. The summed E-state index contributed by atoms with van der Waals surface area (Å²) in [5.74, 6) is 1.10. The van der Waals surface area contributed by atoms with E-state index in [1.54, 1.807) is 6.07 Å². The average molecular weight is 688 g/mol. The number of rotatable bonds is 9. The van der Waals surface area contributed by atoms with Crippen LogP contribution in [-0.4, -0.2) is 24.7 Å². The SMILES string of the molecule is CC(Sc1nnc(COc2ccccc2-c2ccccc2)n1-c1ccccc1C(F)(F)F)c1nc2scc(-c3cccs3)c2c(=O)[nH]1. The van der Waals surface area contributed by atoms with Gasteiger partial charge >= 0.3 is 6.18 Å². The fourth-order valence-electron chi connectivity index (χ4n) is 5.20. The van der Waals surface area contributed by atoms with Crippen LogP contribution in [0.1, 0.15) is 29.4 Å². The Bertz CT molecular complexity index is 2230. The second kappa shape index (κ2) is 12.8. The van der Waals surface area contributed by atoms with Crippen molar-refractivity contribution in [1.29, 1.82) is 0 Å². The van der Waals surface area contributed by atoms with Crippen LogP contribution in [0, 0.1) is 0 Å². The summed E-state index contributed by atoms with van der Waals surface area (Å²) < 4.78 is 50.4.